The van der Waals surface area contributed by atoms with Gasteiger partial charge in [-0.3, -0.25) is 9.69 Å². The van der Waals surface area contributed by atoms with Gasteiger partial charge in [-0.05, 0) is 74.3 Å². The normalized spacial score (nSPS) is 19.5. The Morgan fingerprint density at radius 3 is 2.48 bits per heavy atom. The Morgan fingerprint density at radius 1 is 1.06 bits per heavy atom. The molecule has 2 heterocycles. The van der Waals surface area contributed by atoms with Gasteiger partial charge in [0.1, 0.15) is 5.82 Å². The quantitative estimate of drug-likeness (QED) is 0.552. The Hall–Kier alpha value is -2.69. The van der Waals surface area contributed by atoms with E-state index in [4.69, 9.17) is 11.6 Å². The molecular weight excluding hydrogens is 411 g/mol. The molecule has 158 valence electrons. The summed E-state index contributed by atoms with van der Waals surface area (Å²) in [4.78, 5) is 15.6. The third kappa shape index (κ3) is 3.26. The molecule has 5 rings (SSSR count). The Morgan fingerprint density at radius 2 is 1.77 bits per heavy atom. The minimum absolute atomic E-state index is 0.0893. The molecule has 1 amide bonds. The summed E-state index contributed by atoms with van der Waals surface area (Å²) in [6, 6.07) is 20.1. The van der Waals surface area contributed by atoms with Gasteiger partial charge in [0.2, 0.25) is 0 Å². The van der Waals surface area contributed by atoms with Crippen molar-refractivity contribution in [2.75, 3.05) is 18.0 Å². The molecule has 5 heteroatoms. The molecule has 1 fully saturated rings. The Kier molecular flexibility index (Phi) is 5.07. The third-order valence-corrected chi connectivity index (χ3v) is 6.98. The van der Waals surface area contributed by atoms with Crippen LogP contribution in [0.2, 0.25) is 5.02 Å². The molecule has 0 aliphatic carbocycles. The molecule has 1 spiro atoms. The number of benzene rings is 3. The van der Waals surface area contributed by atoms with Crippen molar-refractivity contribution in [3.05, 3.63) is 99.8 Å². The van der Waals surface area contributed by atoms with Gasteiger partial charge in [-0.15, -0.1) is 0 Å². The molecule has 3 aromatic rings. The minimum Gasteiger partial charge on any atom is -0.317 e. The first-order valence-corrected chi connectivity index (χ1v) is 11.0. The molecule has 0 bridgehead atoms. The molecular formula is C26H24ClFN2O. The number of hydrogen-bond acceptors (Lipinski definition) is 2. The average molecular weight is 435 g/mol. The van der Waals surface area contributed by atoms with Crippen LogP contribution in [0.15, 0.2) is 66.7 Å². The van der Waals surface area contributed by atoms with E-state index in [0.29, 0.717) is 5.02 Å². The van der Waals surface area contributed by atoms with Gasteiger partial charge in [0.15, 0.2) is 0 Å². The van der Waals surface area contributed by atoms with Crippen LogP contribution in [0.5, 0.6) is 0 Å². The van der Waals surface area contributed by atoms with E-state index < -0.39 is 5.82 Å². The molecule has 0 unspecified atom stereocenters. The van der Waals surface area contributed by atoms with Gasteiger partial charge in [-0.25, -0.2) is 4.39 Å². The lowest BCUT2D eigenvalue weighted by atomic mass is 9.68. The molecule has 3 aromatic carbocycles. The zero-order valence-electron chi connectivity index (χ0n) is 17.4. The number of piperidine rings is 1. The van der Waals surface area contributed by atoms with Crippen LogP contribution in [0, 0.1) is 12.7 Å². The van der Waals surface area contributed by atoms with E-state index in [1.807, 2.05) is 18.2 Å². The molecule has 0 aromatic heterocycles. The van der Waals surface area contributed by atoms with E-state index >= 15 is 0 Å². The van der Waals surface area contributed by atoms with Crippen molar-refractivity contribution in [3.8, 4) is 0 Å². The summed E-state index contributed by atoms with van der Waals surface area (Å²) >= 11 is 6.43. The number of halogens is 2. The molecule has 1 saturated heterocycles. The number of hydrogen-bond donors (Lipinski definition) is 1. The fraction of sp³-hybridized carbons (Fsp3) is 0.269. The molecule has 2 aliphatic heterocycles. The number of nitrogens with one attached hydrogen (secondary N) is 1. The largest absolute Gasteiger partial charge is 0.317 e. The molecule has 0 radical (unpaired) electrons. The molecule has 3 nitrogen and oxygen atoms in total. The predicted octanol–water partition coefficient (Wildman–Crippen LogP) is 5.81. The second-order valence-electron chi connectivity index (χ2n) is 8.54. The van der Waals surface area contributed by atoms with E-state index in [9.17, 15) is 9.18 Å². The number of nitrogens with zero attached hydrogens (tertiary/aromatic N) is 1. The lowest BCUT2D eigenvalue weighted by Gasteiger charge is -2.42. The van der Waals surface area contributed by atoms with Crippen molar-refractivity contribution in [3.63, 3.8) is 0 Å². The van der Waals surface area contributed by atoms with Crippen LogP contribution < -0.4 is 10.2 Å². The van der Waals surface area contributed by atoms with Crippen molar-refractivity contribution in [2.45, 2.75) is 31.2 Å². The van der Waals surface area contributed by atoms with E-state index in [2.05, 4.69) is 36.5 Å². The second-order valence-corrected chi connectivity index (χ2v) is 8.97. The number of carbonyl (C=O) groups is 1. The number of carbonyl (C=O) groups excluding carboxylic acids is 1. The van der Waals surface area contributed by atoms with Crippen molar-refractivity contribution < 1.29 is 9.18 Å². The van der Waals surface area contributed by atoms with Crippen LogP contribution in [0.4, 0.5) is 10.1 Å². The fourth-order valence-electron chi connectivity index (χ4n) is 5.27. The fourth-order valence-corrected chi connectivity index (χ4v) is 5.45. The number of amides is 1. The second kappa shape index (κ2) is 7.77. The van der Waals surface area contributed by atoms with Gasteiger partial charge >= 0.3 is 0 Å². The van der Waals surface area contributed by atoms with Crippen LogP contribution in [0.1, 0.15) is 45.9 Å². The van der Waals surface area contributed by atoms with E-state index in [1.165, 1.54) is 6.07 Å². The highest BCUT2D eigenvalue weighted by atomic mass is 35.5. The van der Waals surface area contributed by atoms with Crippen molar-refractivity contribution in [1.29, 1.82) is 0 Å². The Balaban J connectivity index is 1.75. The van der Waals surface area contributed by atoms with Crippen LogP contribution in [-0.2, 0) is 5.41 Å². The highest BCUT2D eigenvalue weighted by Crippen LogP contribution is 2.58. The lowest BCUT2D eigenvalue weighted by molar-refractivity contribution is 0.0959. The SMILES string of the molecule is Cc1ccc([C@H]2N(C(=O)c3ccccc3F)c3ccc(Cl)cc3C23CCNCC3)cc1. The predicted molar refractivity (Wildman–Crippen MR) is 122 cm³/mol. The van der Waals surface area contributed by atoms with Gasteiger partial charge < -0.3 is 5.32 Å². The average Bonchev–Trinajstić information content (AvgIpc) is 3.04. The first-order valence-electron chi connectivity index (χ1n) is 10.7. The summed E-state index contributed by atoms with van der Waals surface area (Å²) in [7, 11) is 0. The van der Waals surface area contributed by atoms with Crippen LogP contribution >= 0.6 is 11.6 Å². The third-order valence-electron chi connectivity index (χ3n) is 6.75. The van der Waals surface area contributed by atoms with E-state index in [1.54, 1.807) is 23.1 Å². The zero-order valence-corrected chi connectivity index (χ0v) is 18.1. The highest BCUT2D eigenvalue weighted by molar-refractivity contribution is 6.30. The number of anilines is 1. The van der Waals surface area contributed by atoms with Gasteiger partial charge in [0, 0.05) is 16.1 Å². The van der Waals surface area contributed by atoms with Crippen LogP contribution in [0.3, 0.4) is 0 Å². The Bertz CT molecular complexity index is 1140. The smallest absolute Gasteiger partial charge is 0.261 e. The van der Waals surface area contributed by atoms with E-state index in [0.717, 1.165) is 48.3 Å². The van der Waals surface area contributed by atoms with Gasteiger partial charge in [-0.2, -0.15) is 0 Å². The maximum absolute atomic E-state index is 14.7. The highest BCUT2D eigenvalue weighted by Gasteiger charge is 2.54. The van der Waals surface area contributed by atoms with Gasteiger partial charge in [-0.1, -0.05) is 53.6 Å². The molecule has 2 aliphatic rings. The lowest BCUT2D eigenvalue weighted by Crippen LogP contribution is -2.46. The number of rotatable bonds is 2. The monoisotopic (exact) mass is 434 g/mol. The van der Waals surface area contributed by atoms with Crippen LogP contribution in [0.25, 0.3) is 0 Å². The maximum Gasteiger partial charge on any atom is 0.261 e. The summed E-state index contributed by atoms with van der Waals surface area (Å²) < 4.78 is 14.7. The first kappa shape index (κ1) is 20.2. The topological polar surface area (TPSA) is 32.3 Å². The van der Waals surface area contributed by atoms with E-state index in [-0.39, 0.29) is 22.9 Å². The number of aryl methyl sites for hydroxylation is 1. The van der Waals surface area contributed by atoms with Gasteiger partial charge in [0.05, 0.1) is 11.6 Å². The maximum atomic E-state index is 14.7. The van der Waals surface area contributed by atoms with Gasteiger partial charge in [0.25, 0.3) is 5.91 Å². The standard InChI is InChI=1S/C26H24ClFN2O/c1-17-6-8-18(9-7-17)24-26(12-14-29-15-13-26)21-16-19(27)10-11-23(21)30(24)25(31)20-4-2-3-5-22(20)28/h2-11,16,24,29H,12-15H2,1H3/t24-/m1/s1. The van der Waals surface area contributed by atoms with Crippen LogP contribution in [-0.4, -0.2) is 19.0 Å². The summed E-state index contributed by atoms with van der Waals surface area (Å²) in [5, 5.41) is 4.10. The Labute approximate surface area is 186 Å². The summed E-state index contributed by atoms with van der Waals surface area (Å²) in [6.45, 7) is 3.77. The van der Waals surface area contributed by atoms with Crippen molar-refractivity contribution in [2.24, 2.45) is 0 Å². The van der Waals surface area contributed by atoms with Crippen molar-refractivity contribution in [1.82, 2.24) is 5.32 Å². The molecule has 1 atom stereocenters. The minimum atomic E-state index is -0.503. The summed E-state index contributed by atoms with van der Waals surface area (Å²) in [5.41, 5.74) is 3.94. The summed E-state index contributed by atoms with van der Waals surface area (Å²) in [5.74, 6) is -0.820. The number of fused-ring (bicyclic) bond motifs is 2. The van der Waals surface area contributed by atoms with Crippen molar-refractivity contribution >= 4 is 23.2 Å². The molecule has 31 heavy (non-hydrogen) atoms. The zero-order chi connectivity index (χ0) is 21.6. The molecule has 1 N–H and O–H groups in total. The summed E-state index contributed by atoms with van der Waals surface area (Å²) in [6.07, 6.45) is 1.75. The molecule has 0 saturated carbocycles. The first-order chi connectivity index (χ1) is 15.0.